The molecule has 0 saturated heterocycles. The largest absolute Gasteiger partial charge is 0.258 e. The van der Waals surface area contributed by atoms with Crippen molar-refractivity contribution in [3.05, 3.63) is 60.2 Å². The molecule has 7 heteroatoms. The lowest BCUT2D eigenvalue weighted by atomic mass is 10.2. The van der Waals surface area contributed by atoms with Crippen LogP contribution in [0.5, 0.6) is 0 Å². The van der Waals surface area contributed by atoms with Gasteiger partial charge in [0.15, 0.2) is 5.03 Å². The van der Waals surface area contributed by atoms with E-state index in [2.05, 4.69) is 22.0 Å². The molecule has 0 fully saturated rings. The second kappa shape index (κ2) is 7.38. The van der Waals surface area contributed by atoms with Crippen molar-refractivity contribution in [1.82, 2.24) is 14.5 Å². The maximum atomic E-state index is 12.6. The molecule has 0 unspecified atom stereocenters. The number of aromatic nitrogens is 2. The summed E-state index contributed by atoms with van der Waals surface area (Å²) in [5.41, 5.74) is 1.92. The van der Waals surface area contributed by atoms with E-state index in [0.717, 1.165) is 5.75 Å². The maximum absolute atomic E-state index is 12.6. The van der Waals surface area contributed by atoms with Gasteiger partial charge in [0.1, 0.15) is 0 Å². The molecule has 0 spiro atoms. The number of thioether (sulfide) groups is 1. The number of nitrogens with zero attached hydrogens (tertiary/aromatic N) is 2. The Kier molecular flexibility index (Phi) is 5.23. The van der Waals surface area contributed by atoms with E-state index in [-0.39, 0.29) is 5.03 Å². The summed E-state index contributed by atoms with van der Waals surface area (Å²) in [5.74, 6) is 1.58. The van der Waals surface area contributed by atoms with Gasteiger partial charge in [0, 0.05) is 30.5 Å². The van der Waals surface area contributed by atoms with E-state index in [1.165, 1.54) is 10.2 Å². The van der Waals surface area contributed by atoms with Crippen LogP contribution in [0.15, 0.2) is 59.6 Å². The monoisotopic (exact) mass is 361 g/mol. The lowest BCUT2D eigenvalue weighted by molar-refractivity contribution is 0.567. The number of benzene rings is 2. The first-order chi connectivity index (χ1) is 11.6. The molecule has 0 aliphatic heterocycles. The number of sulfonamides is 1. The van der Waals surface area contributed by atoms with Crippen LogP contribution in [-0.4, -0.2) is 30.5 Å². The number of hydrogen-bond donors (Lipinski definition) is 1. The predicted octanol–water partition coefficient (Wildman–Crippen LogP) is 2.79. The van der Waals surface area contributed by atoms with Crippen molar-refractivity contribution in [2.75, 3.05) is 12.3 Å². The van der Waals surface area contributed by atoms with E-state index in [1.807, 2.05) is 36.4 Å². The second-order valence-electron chi connectivity index (χ2n) is 5.38. The van der Waals surface area contributed by atoms with Gasteiger partial charge in [-0.25, -0.2) is 13.1 Å². The van der Waals surface area contributed by atoms with Gasteiger partial charge in [-0.2, -0.15) is 16.9 Å². The van der Waals surface area contributed by atoms with Crippen LogP contribution in [0, 0.1) is 0 Å². The van der Waals surface area contributed by atoms with E-state index in [9.17, 15) is 8.42 Å². The van der Waals surface area contributed by atoms with E-state index in [4.69, 9.17) is 0 Å². The summed E-state index contributed by atoms with van der Waals surface area (Å²) in [4.78, 5) is 0. The van der Waals surface area contributed by atoms with Crippen LogP contribution in [0.2, 0.25) is 0 Å². The van der Waals surface area contributed by atoms with Crippen molar-refractivity contribution in [3.63, 3.8) is 0 Å². The van der Waals surface area contributed by atoms with Gasteiger partial charge in [0.2, 0.25) is 0 Å². The van der Waals surface area contributed by atoms with Crippen LogP contribution in [0.4, 0.5) is 0 Å². The number of nitrogens with one attached hydrogen (secondary N) is 1. The maximum Gasteiger partial charge on any atom is 0.258 e. The molecule has 1 heterocycles. The van der Waals surface area contributed by atoms with Crippen molar-refractivity contribution < 1.29 is 8.42 Å². The Labute approximate surface area is 146 Å². The molecule has 0 saturated carbocycles. The Hall–Kier alpha value is -1.83. The first-order valence-corrected chi connectivity index (χ1v) is 10.2. The molecule has 1 N–H and O–H groups in total. The summed E-state index contributed by atoms with van der Waals surface area (Å²) in [5, 5.41) is 5.11. The Morgan fingerprint density at radius 1 is 1.08 bits per heavy atom. The molecule has 3 rings (SSSR count). The molecular formula is C17H19N3O2S2. The van der Waals surface area contributed by atoms with Crippen LogP contribution in [0.25, 0.3) is 10.9 Å². The minimum Gasteiger partial charge on any atom is -0.255 e. The molecule has 1 aromatic heterocycles. The molecule has 0 amide bonds. The van der Waals surface area contributed by atoms with Crippen LogP contribution in [0.3, 0.4) is 0 Å². The van der Waals surface area contributed by atoms with Gasteiger partial charge in [-0.15, -0.1) is 0 Å². The highest BCUT2D eigenvalue weighted by molar-refractivity contribution is 7.98. The summed E-state index contributed by atoms with van der Waals surface area (Å²) >= 11 is 1.70. The van der Waals surface area contributed by atoms with Crippen LogP contribution in [-0.2, 0) is 22.8 Å². The zero-order valence-electron chi connectivity index (χ0n) is 13.3. The molecule has 0 radical (unpaired) electrons. The van der Waals surface area contributed by atoms with E-state index in [1.54, 1.807) is 24.9 Å². The van der Waals surface area contributed by atoms with Crippen molar-refractivity contribution >= 4 is 32.7 Å². The molecule has 3 aromatic rings. The van der Waals surface area contributed by atoms with Gasteiger partial charge >= 0.3 is 0 Å². The molecule has 0 aliphatic carbocycles. The highest BCUT2D eigenvalue weighted by Crippen LogP contribution is 2.21. The highest BCUT2D eigenvalue weighted by Gasteiger charge is 2.22. The van der Waals surface area contributed by atoms with Crippen LogP contribution in [0.1, 0.15) is 5.56 Å². The first-order valence-electron chi connectivity index (χ1n) is 7.61. The highest BCUT2D eigenvalue weighted by atomic mass is 32.2. The first kappa shape index (κ1) is 17.0. The third kappa shape index (κ3) is 3.80. The number of fused-ring (bicyclic) bond motifs is 1. The third-order valence-electron chi connectivity index (χ3n) is 3.59. The Morgan fingerprint density at radius 2 is 1.79 bits per heavy atom. The number of hydrogen-bond acceptors (Lipinski definition) is 4. The summed E-state index contributed by atoms with van der Waals surface area (Å²) in [7, 11) is -1.93. The molecule has 0 bridgehead atoms. The summed E-state index contributed by atoms with van der Waals surface area (Å²) in [6.07, 6.45) is 0. The average Bonchev–Trinajstić information content (AvgIpc) is 2.92. The fraction of sp³-hybridized carbons (Fsp3) is 0.235. The zero-order chi connectivity index (χ0) is 17.0. The zero-order valence-corrected chi connectivity index (χ0v) is 15.0. The smallest absolute Gasteiger partial charge is 0.255 e. The van der Waals surface area contributed by atoms with E-state index in [0.29, 0.717) is 23.2 Å². The quantitative estimate of drug-likeness (QED) is 0.657. The van der Waals surface area contributed by atoms with Gasteiger partial charge in [-0.3, -0.25) is 4.68 Å². The third-order valence-corrected chi connectivity index (χ3v) is 6.20. The standard InChI is InChI=1S/C17H19N3O2S2/c1-20-17(15-9-5-6-10-16(15)19-20)24(21,22)18-11-12-23-13-14-7-3-2-4-8-14/h2-10,18H,11-13H2,1H3. The predicted molar refractivity (Wildman–Crippen MR) is 98.5 cm³/mol. The number of rotatable bonds is 7. The van der Waals surface area contributed by atoms with Crippen molar-refractivity contribution in [2.45, 2.75) is 10.8 Å². The average molecular weight is 361 g/mol. The molecule has 24 heavy (non-hydrogen) atoms. The number of aryl methyl sites for hydroxylation is 1. The summed E-state index contributed by atoms with van der Waals surface area (Å²) in [6, 6.07) is 17.4. The van der Waals surface area contributed by atoms with Crippen molar-refractivity contribution in [3.8, 4) is 0 Å². The van der Waals surface area contributed by atoms with E-state index >= 15 is 0 Å². The lowest BCUT2D eigenvalue weighted by Crippen LogP contribution is -2.28. The summed E-state index contributed by atoms with van der Waals surface area (Å²) in [6.45, 7) is 0.388. The van der Waals surface area contributed by atoms with Gasteiger partial charge in [-0.05, 0) is 17.7 Å². The van der Waals surface area contributed by atoms with Crippen LogP contribution < -0.4 is 4.72 Å². The molecule has 0 aliphatic rings. The molecule has 2 aromatic carbocycles. The Balaban J connectivity index is 1.61. The SMILES string of the molecule is Cn1nc2ccccc2c1S(=O)(=O)NCCSCc1ccccc1. The molecule has 5 nitrogen and oxygen atoms in total. The van der Waals surface area contributed by atoms with Crippen molar-refractivity contribution in [2.24, 2.45) is 7.05 Å². The summed E-state index contributed by atoms with van der Waals surface area (Å²) < 4.78 is 29.3. The van der Waals surface area contributed by atoms with Gasteiger partial charge in [0.25, 0.3) is 10.0 Å². The fourth-order valence-electron chi connectivity index (χ4n) is 2.52. The minimum atomic E-state index is -3.58. The topological polar surface area (TPSA) is 64.0 Å². The van der Waals surface area contributed by atoms with Crippen LogP contribution >= 0.6 is 11.8 Å². The van der Waals surface area contributed by atoms with Crippen molar-refractivity contribution in [1.29, 1.82) is 0 Å². The molecule has 0 atom stereocenters. The molecule has 126 valence electrons. The Morgan fingerprint density at radius 3 is 2.58 bits per heavy atom. The van der Waals surface area contributed by atoms with Gasteiger partial charge in [0.05, 0.1) is 5.52 Å². The van der Waals surface area contributed by atoms with E-state index < -0.39 is 10.0 Å². The second-order valence-corrected chi connectivity index (χ2v) is 8.17. The Bertz CT molecular complexity index is 921. The lowest BCUT2D eigenvalue weighted by Gasteiger charge is -2.07. The fourth-order valence-corrected chi connectivity index (χ4v) is 4.83. The molecular weight excluding hydrogens is 342 g/mol. The minimum absolute atomic E-state index is 0.214. The van der Waals surface area contributed by atoms with Gasteiger partial charge < -0.3 is 0 Å². The van der Waals surface area contributed by atoms with Gasteiger partial charge in [-0.1, -0.05) is 42.5 Å². The normalized spacial score (nSPS) is 11.9.